The molecule has 3 aromatic carbocycles. The van der Waals surface area contributed by atoms with Crippen LogP contribution >= 0.6 is 0 Å². The number of hydrogen-bond acceptors (Lipinski definition) is 3. The summed E-state index contributed by atoms with van der Waals surface area (Å²) in [6.07, 6.45) is 4.57. The van der Waals surface area contributed by atoms with E-state index < -0.39 is 0 Å². The Morgan fingerprint density at radius 3 is 2.28 bits per heavy atom. The lowest BCUT2D eigenvalue weighted by molar-refractivity contribution is 0.106. The van der Waals surface area contributed by atoms with E-state index in [-0.39, 0.29) is 5.78 Å². The van der Waals surface area contributed by atoms with Gasteiger partial charge in [-0.3, -0.25) is 4.79 Å². The second-order valence-corrected chi connectivity index (χ2v) is 6.69. The smallest absolute Gasteiger partial charge is 0.213 e. The molecule has 4 heteroatoms. The van der Waals surface area contributed by atoms with Crippen LogP contribution in [0.25, 0.3) is 10.9 Å². The molecule has 0 atom stereocenters. The van der Waals surface area contributed by atoms with Crippen LogP contribution < -0.4 is 0 Å². The standard InChI is InChI=1S/C25H21N3O/c1-2-18-14-9-15-22-21(16-26-23(18)22)17-27-28-24(19-10-5-3-6-11-19)25(29)20-12-7-4-8-13-20/h3-17,26H,2H2,1H3/b27-17+,28-24?. The molecule has 0 fully saturated rings. The molecule has 0 aliphatic heterocycles. The van der Waals surface area contributed by atoms with Gasteiger partial charge in [0, 0.05) is 33.8 Å². The normalized spacial score (nSPS) is 12.0. The third kappa shape index (κ3) is 3.92. The maximum absolute atomic E-state index is 13.0. The van der Waals surface area contributed by atoms with Gasteiger partial charge >= 0.3 is 0 Å². The first kappa shape index (κ1) is 18.6. The lowest BCUT2D eigenvalue weighted by Gasteiger charge is -2.04. The van der Waals surface area contributed by atoms with Crippen LogP contribution in [0.1, 0.15) is 34.0 Å². The molecule has 0 saturated carbocycles. The number of para-hydroxylation sites is 1. The van der Waals surface area contributed by atoms with Crippen LogP contribution in [-0.4, -0.2) is 22.7 Å². The van der Waals surface area contributed by atoms with E-state index in [0.29, 0.717) is 11.3 Å². The molecule has 4 rings (SSSR count). The summed E-state index contributed by atoms with van der Waals surface area (Å²) in [7, 11) is 0. The van der Waals surface area contributed by atoms with Crippen LogP contribution in [0.15, 0.2) is 95.3 Å². The Morgan fingerprint density at radius 1 is 0.897 bits per heavy atom. The third-order valence-electron chi connectivity index (χ3n) is 4.87. The number of fused-ring (bicyclic) bond motifs is 1. The van der Waals surface area contributed by atoms with Crippen molar-refractivity contribution in [3.05, 3.63) is 107 Å². The number of carbonyl (C=O) groups excluding carboxylic acids is 1. The van der Waals surface area contributed by atoms with Crippen molar-refractivity contribution in [2.24, 2.45) is 10.2 Å². The lowest BCUT2D eigenvalue weighted by Crippen LogP contribution is -2.15. The molecule has 0 amide bonds. The summed E-state index contributed by atoms with van der Waals surface area (Å²) in [4.78, 5) is 16.3. The van der Waals surface area contributed by atoms with Gasteiger partial charge in [0.15, 0.2) is 0 Å². The fourth-order valence-electron chi connectivity index (χ4n) is 3.35. The van der Waals surface area contributed by atoms with Gasteiger partial charge in [-0.15, -0.1) is 5.10 Å². The van der Waals surface area contributed by atoms with E-state index >= 15 is 0 Å². The van der Waals surface area contributed by atoms with Gasteiger partial charge < -0.3 is 4.98 Å². The van der Waals surface area contributed by atoms with E-state index in [0.717, 1.165) is 28.5 Å². The number of nitrogens with zero attached hydrogens (tertiary/aromatic N) is 2. The highest BCUT2D eigenvalue weighted by Crippen LogP contribution is 2.21. The average Bonchev–Trinajstić information content (AvgIpc) is 3.21. The minimum atomic E-state index is -0.152. The van der Waals surface area contributed by atoms with Gasteiger partial charge in [-0.05, 0) is 12.0 Å². The number of H-pyrrole nitrogens is 1. The summed E-state index contributed by atoms with van der Waals surface area (Å²) < 4.78 is 0. The molecule has 0 unspecified atom stereocenters. The zero-order valence-corrected chi connectivity index (χ0v) is 16.2. The molecule has 1 heterocycles. The summed E-state index contributed by atoms with van der Waals surface area (Å²) in [5.74, 6) is -0.152. The number of nitrogens with one attached hydrogen (secondary N) is 1. The first-order valence-electron chi connectivity index (χ1n) is 9.63. The van der Waals surface area contributed by atoms with Crippen LogP contribution in [0.5, 0.6) is 0 Å². The second kappa shape index (κ2) is 8.48. The molecule has 0 aliphatic carbocycles. The number of aromatic nitrogens is 1. The second-order valence-electron chi connectivity index (χ2n) is 6.69. The Morgan fingerprint density at radius 2 is 1.59 bits per heavy atom. The molecule has 142 valence electrons. The zero-order chi connectivity index (χ0) is 20.1. The van der Waals surface area contributed by atoms with E-state index in [1.165, 1.54) is 5.56 Å². The summed E-state index contributed by atoms with van der Waals surface area (Å²) >= 11 is 0. The predicted molar refractivity (Wildman–Crippen MR) is 119 cm³/mol. The van der Waals surface area contributed by atoms with Gasteiger partial charge in [-0.1, -0.05) is 85.8 Å². The number of benzene rings is 3. The summed E-state index contributed by atoms with van der Waals surface area (Å²) in [6, 6.07) is 24.8. The first-order chi connectivity index (χ1) is 14.3. The zero-order valence-electron chi connectivity index (χ0n) is 16.2. The number of ketones is 1. The molecule has 0 saturated heterocycles. The Hall–Kier alpha value is -3.79. The van der Waals surface area contributed by atoms with Gasteiger partial charge in [0.2, 0.25) is 5.78 Å². The van der Waals surface area contributed by atoms with Crippen molar-refractivity contribution in [1.29, 1.82) is 0 Å². The van der Waals surface area contributed by atoms with Crippen molar-refractivity contribution in [3.63, 3.8) is 0 Å². The number of hydrogen-bond donors (Lipinski definition) is 1. The van der Waals surface area contributed by atoms with Crippen LogP contribution in [-0.2, 0) is 6.42 Å². The van der Waals surface area contributed by atoms with Crippen LogP contribution in [0, 0.1) is 0 Å². The molecule has 29 heavy (non-hydrogen) atoms. The van der Waals surface area contributed by atoms with E-state index in [4.69, 9.17) is 0 Å². The van der Waals surface area contributed by atoms with E-state index in [9.17, 15) is 4.79 Å². The SMILES string of the molecule is CCc1cccc2c(/C=N/N=C(C(=O)c3ccccc3)c3ccccc3)c[nH]c12. The molecule has 0 bridgehead atoms. The molecule has 4 nitrogen and oxygen atoms in total. The van der Waals surface area contributed by atoms with Crippen molar-refractivity contribution in [1.82, 2.24) is 4.98 Å². The van der Waals surface area contributed by atoms with Gasteiger partial charge in [0.1, 0.15) is 5.71 Å². The highest BCUT2D eigenvalue weighted by atomic mass is 16.1. The van der Waals surface area contributed by atoms with Gasteiger partial charge in [-0.2, -0.15) is 5.10 Å². The average molecular weight is 379 g/mol. The molecule has 0 aliphatic rings. The molecule has 4 aromatic rings. The van der Waals surface area contributed by atoms with Crippen molar-refractivity contribution >= 4 is 28.6 Å². The molecule has 0 radical (unpaired) electrons. The van der Waals surface area contributed by atoms with Crippen LogP contribution in [0.3, 0.4) is 0 Å². The van der Waals surface area contributed by atoms with Gasteiger partial charge in [-0.25, -0.2) is 0 Å². The predicted octanol–water partition coefficient (Wildman–Crippen LogP) is 5.44. The van der Waals surface area contributed by atoms with Gasteiger partial charge in [0.25, 0.3) is 0 Å². The van der Waals surface area contributed by atoms with Crippen LogP contribution in [0.4, 0.5) is 0 Å². The van der Waals surface area contributed by atoms with Crippen LogP contribution in [0.2, 0.25) is 0 Å². The van der Waals surface area contributed by atoms with E-state index in [1.807, 2.05) is 60.8 Å². The highest BCUT2D eigenvalue weighted by molar-refractivity contribution is 6.51. The third-order valence-corrected chi connectivity index (χ3v) is 4.87. The topological polar surface area (TPSA) is 57.6 Å². The fourth-order valence-corrected chi connectivity index (χ4v) is 3.35. The molecule has 0 spiro atoms. The van der Waals surface area contributed by atoms with Crippen molar-refractivity contribution < 1.29 is 4.79 Å². The summed E-state index contributed by atoms with van der Waals surface area (Å²) in [5, 5.41) is 9.68. The van der Waals surface area contributed by atoms with E-state index in [2.05, 4.69) is 34.2 Å². The lowest BCUT2D eigenvalue weighted by atomic mass is 10.0. The Labute approximate surface area is 169 Å². The maximum Gasteiger partial charge on any atom is 0.213 e. The van der Waals surface area contributed by atoms with Crippen molar-refractivity contribution in [2.45, 2.75) is 13.3 Å². The number of carbonyl (C=O) groups is 1. The minimum Gasteiger partial charge on any atom is -0.360 e. The quantitative estimate of drug-likeness (QED) is 0.271. The highest BCUT2D eigenvalue weighted by Gasteiger charge is 2.16. The number of Topliss-reactive ketones (excluding diaryl/α,β-unsaturated/α-hetero) is 1. The molecular formula is C25H21N3O. The number of aromatic amines is 1. The summed E-state index contributed by atoms with van der Waals surface area (Å²) in [6.45, 7) is 2.13. The van der Waals surface area contributed by atoms with E-state index in [1.54, 1.807) is 18.3 Å². The Balaban J connectivity index is 1.71. The van der Waals surface area contributed by atoms with Crippen molar-refractivity contribution in [3.8, 4) is 0 Å². The number of rotatable bonds is 6. The molecule has 1 N–H and O–H groups in total. The Kier molecular flexibility index (Phi) is 5.43. The monoisotopic (exact) mass is 379 g/mol. The number of aryl methyl sites for hydroxylation is 1. The largest absolute Gasteiger partial charge is 0.360 e. The van der Waals surface area contributed by atoms with Crippen molar-refractivity contribution in [2.75, 3.05) is 0 Å². The maximum atomic E-state index is 13.0. The molecule has 1 aromatic heterocycles. The minimum absolute atomic E-state index is 0.152. The van der Waals surface area contributed by atoms with Gasteiger partial charge in [0.05, 0.1) is 6.21 Å². The fraction of sp³-hybridized carbons (Fsp3) is 0.0800. The molecular weight excluding hydrogens is 358 g/mol. The Bertz CT molecular complexity index is 1190. The summed E-state index contributed by atoms with van der Waals surface area (Å²) in [5.41, 5.74) is 4.97. The first-order valence-corrected chi connectivity index (χ1v) is 9.63.